The van der Waals surface area contributed by atoms with E-state index in [-0.39, 0.29) is 12.5 Å². The minimum absolute atomic E-state index is 0.0783. The number of anilines is 2. The maximum absolute atomic E-state index is 11.2. The van der Waals surface area contributed by atoms with Crippen molar-refractivity contribution >= 4 is 29.3 Å². The molecule has 0 aliphatic heterocycles. The van der Waals surface area contributed by atoms with Crippen molar-refractivity contribution in [1.29, 1.82) is 0 Å². The van der Waals surface area contributed by atoms with E-state index in [1.807, 2.05) is 6.26 Å². The van der Waals surface area contributed by atoms with Gasteiger partial charge in [-0.25, -0.2) is 9.97 Å². The number of rotatable bonds is 4. The number of carbonyl (C=O) groups excluding carboxylic acids is 1. The molecule has 0 atom stereocenters. The van der Waals surface area contributed by atoms with Gasteiger partial charge in [0.2, 0.25) is 5.91 Å². The topological polar surface area (TPSA) is 84.1 Å². The Morgan fingerprint density at radius 3 is 2.88 bits per heavy atom. The molecule has 0 unspecified atom stereocenters. The molecular formula is C9H15N5OS. The van der Waals surface area contributed by atoms with Crippen LogP contribution in [0.3, 0.4) is 0 Å². The fraction of sp³-hybridized carbons (Fsp3) is 0.444. The van der Waals surface area contributed by atoms with Crippen LogP contribution in [0.1, 0.15) is 0 Å². The first-order valence-corrected chi connectivity index (χ1v) is 5.89. The third kappa shape index (κ3) is 3.27. The smallest absolute Gasteiger partial charge is 0.239 e. The molecule has 3 N–H and O–H groups in total. The van der Waals surface area contributed by atoms with Gasteiger partial charge in [-0.2, -0.15) is 0 Å². The molecular weight excluding hydrogens is 226 g/mol. The Kier molecular flexibility index (Phi) is 4.36. The summed E-state index contributed by atoms with van der Waals surface area (Å²) in [6.45, 7) is 0.237. The van der Waals surface area contributed by atoms with Crippen molar-refractivity contribution < 1.29 is 4.79 Å². The third-order valence-electron chi connectivity index (χ3n) is 1.95. The summed E-state index contributed by atoms with van der Waals surface area (Å²) in [6, 6.07) is 1.64. The number of nitrogens with one attached hydrogen (secondary N) is 1. The molecule has 0 fully saturated rings. The Bertz CT molecular complexity index is 384. The monoisotopic (exact) mass is 241 g/mol. The minimum atomic E-state index is -0.0783. The summed E-state index contributed by atoms with van der Waals surface area (Å²) >= 11 is 1.41. The van der Waals surface area contributed by atoms with Gasteiger partial charge in [-0.3, -0.25) is 4.79 Å². The van der Waals surface area contributed by atoms with Crippen LogP contribution in [-0.4, -0.2) is 42.8 Å². The molecule has 16 heavy (non-hydrogen) atoms. The normalized spacial score (nSPS) is 9.94. The number of thioether (sulfide) groups is 1. The van der Waals surface area contributed by atoms with E-state index in [9.17, 15) is 4.79 Å². The Hall–Kier alpha value is -1.50. The summed E-state index contributed by atoms with van der Waals surface area (Å²) in [5, 5.41) is 3.14. The van der Waals surface area contributed by atoms with E-state index in [1.54, 1.807) is 25.1 Å². The fourth-order valence-electron chi connectivity index (χ4n) is 1.09. The fourth-order valence-corrected chi connectivity index (χ4v) is 1.47. The first-order valence-electron chi connectivity index (χ1n) is 4.67. The molecule has 88 valence electrons. The quantitative estimate of drug-likeness (QED) is 0.568. The van der Waals surface area contributed by atoms with Crippen LogP contribution in [0, 0.1) is 0 Å². The summed E-state index contributed by atoms with van der Waals surface area (Å²) < 4.78 is 0. The Balaban J connectivity index is 2.86. The van der Waals surface area contributed by atoms with Crippen LogP contribution in [0.5, 0.6) is 0 Å². The molecule has 1 aromatic heterocycles. The zero-order valence-corrected chi connectivity index (χ0v) is 10.3. The van der Waals surface area contributed by atoms with E-state index in [0.717, 1.165) is 0 Å². The lowest BCUT2D eigenvalue weighted by Crippen LogP contribution is -2.33. The van der Waals surface area contributed by atoms with Gasteiger partial charge in [0.05, 0.1) is 6.54 Å². The van der Waals surface area contributed by atoms with Crippen LogP contribution in [0.25, 0.3) is 0 Å². The molecule has 1 amide bonds. The van der Waals surface area contributed by atoms with Gasteiger partial charge in [0.15, 0.2) is 5.16 Å². The largest absolute Gasteiger partial charge is 0.383 e. The molecule has 7 heteroatoms. The number of hydrogen-bond acceptors (Lipinski definition) is 6. The van der Waals surface area contributed by atoms with E-state index in [0.29, 0.717) is 16.8 Å². The van der Waals surface area contributed by atoms with Crippen molar-refractivity contribution in [1.82, 2.24) is 15.3 Å². The highest BCUT2D eigenvalue weighted by Crippen LogP contribution is 2.17. The van der Waals surface area contributed by atoms with Crippen LogP contribution in [0.4, 0.5) is 11.6 Å². The predicted octanol–water partition coefficient (Wildman–Crippen LogP) is -0.0371. The highest BCUT2D eigenvalue weighted by Gasteiger charge is 2.09. The van der Waals surface area contributed by atoms with Gasteiger partial charge in [0.1, 0.15) is 11.6 Å². The first kappa shape index (κ1) is 12.6. The summed E-state index contributed by atoms with van der Waals surface area (Å²) in [6.07, 6.45) is 1.87. The lowest BCUT2D eigenvalue weighted by molar-refractivity contribution is -0.119. The molecule has 6 nitrogen and oxygen atoms in total. The van der Waals surface area contributed by atoms with Crippen LogP contribution in [0.2, 0.25) is 0 Å². The van der Waals surface area contributed by atoms with Gasteiger partial charge in [0.25, 0.3) is 0 Å². The first-order chi connectivity index (χ1) is 7.56. The van der Waals surface area contributed by atoms with Gasteiger partial charge in [-0.15, -0.1) is 0 Å². The molecule has 0 saturated heterocycles. The van der Waals surface area contributed by atoms with E-state index in [4.69, 9.17) is 5.73 Å². The number of nitrogen functional groups attached to an aromatic ring is 1. The van der Waals surface area contributed by atoms with Gasteiger partial charge in [-0.05, 0) is 6.26 Å². The highest BCUT2D eigenvalue weighted by molar-refractivity contribution is 7.98. The highest BCUT2D eigenvalue weighted by atomic mass is 32.2. The zero-order valence-electron chi connectivity index (χ0n) is 9.52. The molecule has 0 aliphatic rings. The predicted molar refractivity (Wildman–Crippen MR) is 65.6 cm³/mol. The summed E-state index contributed by atoms with van der Waals surface area (Å²) in [4.78, 5) is 21.2. The molecule has 1 rings (SSSR count). The van der Waals surface area contributed by atoms with Crippen LogP contribution in [-0.2, 0) is 4.79 Å². The summed E-state index contributed by atoms with van der Waals surface area (Å²) in [5.74, 6) is 0.962. The van der Waals surface area contributed by atoms with Crippen molar-refractivity contribution in [2.45, 2.75) is 5.16 Å². The Morgan fingerprint density at radius 2 is 2.31 bits per heavy atom. The van der Waals surface area contributed by atoms with Crippen LogP contribution in [0.15, 0.2) is 11.2 Å². The zero-order chi connectivity index (χ0) is 12.1. The van der Waals surface area contributed by atoms with Gasteiger partial charge >= 0.3 is 0 Å². The number of likely N-dealkylation sites (N-methyl/N-ethyl adjacent to an activating group) is 2. The minimum Gasteiger partial charge on any atom is -0.383 e. The molecule has 1 heterocycles. The maximum Gasteiger partial charge on any atom is 0.239 e. The number of carbonyl (C=O) groups is 1. The summed E-state index contributed by atoms with van der Waals surface area (Å²) in [7, 11) is 3.37. The van der Waals surface area contributed by atoms with Crippen molar-refractivity contribution in [2.24, 2.45) is 0 Å². The lowest BCUT2D eigenvalue weighted by Gasteiger charge is -2.17. The van der Waals surface area contributed by atoms with E-state index < -0.39 is 0 Å². The molecule has 1 aromatic rings. The van der Waals surface area contributed by atoms with Crippen LogP contribution >= 0.6 is 11.8 Å². The SMILES string of the molecule is CNC(=O)CN(C)c1cc(N)nc(SC)n1. The molecule has 0 radical (unpaired) electrons. The Labute approximate surface area is 98.6 Å². The average molecular weight is 241 g/mol. The number of amides is 1. The van der Waals surface area contributed by atoms with E-state index >= 15 is 0 Å². The van der Waals surface area contributed by atoms with Gasteiger partial charge in [0, 0.05) is 20.2 Å². The molecule has 0 bridgehead atoms. The number of nitrogens with two attached hydrogens (primary N) is 1. The van der Waals surface area contributed by atoms with Crippen molar-refractivity contribution in [3.63, 3.8) is 0 Å². The molecule has 0 aliphatic carbocycles. The average Bonchev–Trinajstić information content (AvgIpc) is 2.27. The summed E-state index contributed by atoms with van der Waals surface area (Å²) in [5.41, 5.74) is 5.64. The third-order valence-corrected chi connectivity index (χ3v) is 2.49. The van der Waals surface area contributed by atoms with Gasteiger partial charge in [-0.1, -0.05) is 11.8 Å². The van der Waals surface area contributed by atoms with Crippen molar-refractivity contribution in [3.8, 4) is 0 Å². The standard InChI is InChI=1S/C9H15N5OS/c1-11-8(15)5-14(2)7-4-6(10)12-9(13-7)16-3/h4H,5H2,1-3H3,(H,11,15)(H2,10,12,13). The van der Waals surface area contributed by atoms with E-state index in [1.165, 1.54) is 11.8 Å². The second kappa shape index (κ2) is 5.55. The second-order valence-corrected chi connectivity index (χ2v) is 3.94. The maximum atomic E-state index is 11.2. The number of hydrogen-bond donors (Lipinski definition) is 2. The second-order valence-electron chi connectivity index (χ2n) is 3.17. The van der Waals surface area contributed by atoms with E-state index in [2.05, 4.69) is 15.3 Å². The van der Waals surface area contributed by atoms with Gasteiger partial charge < -0.3 is 16.0 Å². The molecule has 0 saturated carbocycles. The Morgan fingerprint density at radius 1 is 1.62 bits per heavy atom. The molecule has 0 spiro atoms. The van der Waals surface area contributed by atoms with Crippen LogP contribution < -0.4 is 16.0 Å². The van der Waals surface area contributed by atoms with Crippen molar-refractivity contribution in [3.05, 3.63) is 6.07 Å². The number of aromatic nitrogens is 2. The number of nitrogens with zero attached hydrogens (tertiary/aromatic N) is 3. The molecule has 0 aromatic carbocycles. The lowest BCUT2D eigenvalue weighted by atomic mass is 10.4. The van der Waals surface area contributed by atoms with Crippen molar-refractivity contribution in [2.75, 3.05) is 37.5 Å².